The smallest absolute Gasteiger partial charge is 0.0537 e. The Morgan fingerprint density at radius 3 is 2.65 bits per heavy atom. The van der Waals surface area contributed by atoms with E-state index in [0.29, 0.717) is 6.04 Å². The van der Waals surface area contributed by atoms with Crippen molar-refractivity contribution >= 4 is 0 Å². The first-order valence-corrected chi connectivity index (χ1v) is 7.36. The molecule has 0 bridgehead atoms. The van der Waals surface area contributed by atoms with Crippen LogP contribution in [-0.2, 0) is 19.6 Å². The zero-order valence-corrected chi connectivity index (χ0v) is 12.9. The Hall–Kier alpha value is -1.62. The van der Waals surface area contributed by atoms with E-state index >= 15 is 0 Å². The monoisotopic (exact) mass is 275 g/mol. The van der Waals surface area contributed by atoms with Gasteiger partial charge in [-0.1, -0.05) is 6.92 Å². The minimum absolute atomic E-state index is 0.413. The first-order valence-electron chi connectivity index (χ1n) is 7.36. The van der Waals surface area contributed by atoms with Crippen LogP contribution in [-0.4, -0.2) is 19.6 Å². The van der Waals surface area contributed by atoms with Crippen LogP contribution in [0.4, 0.5) is 0 Å². The van der Waals surface area contributed by atoms with Crippen LogP contribution < -0.4 is 5.32 Å². The van der Waals surface area contributed by atoms with Gasteiger partial charge in [0, 0.05) is 48.7 Å². The average Bonchev–Trinajstić information content (AvgIpc) is 2.98. The van der Waals surface area contributed by atoms with E-state index in [2.05, 4.69) is 54.1 Å². The van der Waals surface area contributed by atoms with Gasteiger partial charge in [-0.3, -0.25) is 9.36 Å². The van der Waals surface area contributed by atoms with Crippen molar-refractivity contribution in [3.63, 3.8) is 0 Å². The number of nitrogens with one attached hydrogen (secondary N) is 1. The predicted octanol–water partition coefficient (Wildman–Crippen LogP) is 2.67. The molecule has 0 atom stereocenters. The fourth-order valence-electron chi connectivity index (χ4n) is 2.34. The standard InChI is InChI=1S/C15H25N5/c1-5-6-19-11-14(8-17-19)7-16-9-15-10-18-20(12(2)3)13(15)4/h8,10-12,16H,5-7,9H2,1-4H3. The summed E-state index contributed by atoms with van der Waals surface area (Å²) in [5.41, 5.74) is 3.74. The highest BCUT2D eigenvalue weighted by Gasteiger charge is 2.08. The first kappa shape index (κ1) is 14.8. The summed E-state index contributed by atoms with van der Waals surface area (Å²) in [6, 6.07) is 0.413. The maximum Gasteiger partial charge on any atom is 0.0537 e. The number of aryl methyl sites for hydroxylation is 1. The molecule has 0 amide bonds. The number of hydrogen-bond donors (Lipinski definition) is 1. The zero-order chi connectivity index (χ0) is 14.5. The second-order valence-electron chi connectivity index (χ2n) is 5.51. The lowest BCUT2D eigenvalue weighted by atomic mass is 10.2. The second-order valence-corrected chi connectivity index (χ2v) is 5.51. The summed E-state index contributed by atoms with van der Waals surface area (Å²) >= 11 is 0. The van der Waals surface area contributed by atoms with Crippen LogP contribution in [0.15, 0.2) is 18.6 Å². The molecule has 2 rings (SSSR count). The molecule has 0 spiro atoms. The molecule has 20 heavy (non-hydrogen) atoms. The number of rotatable bonds is 7. The lowest BCUT2D eigenvalue weighted by Crippen LogP contribution is -2.13. The summed E-state index contributed by atoms with van der Waals surface area (Å²) in [5, 5.41) is 12.2. The first-order chi connectivity index (χ1) is 9.61. The molecule has 2 aromatic heterocycles. The molecule has 0 radical (unpaired) electrons. The molecule has 1 N–H and O–H groups in total. The van der Waals surface area contributed by atoms with Crippen molar-refractivity contribution in [1.82, 2.24) is 24.9 Å². The van der Waals surface area contributed by atoms with E-state index in [4.69, 9.17) is 0 Å². The summed E-state index contributed by atoms with van der Waals surface area (Å²) in [7, 11) is 0. The molecular weight excluding hydrogens is 250 g/mol. The molecule has 0 aliphatic rings. The van der Waals surface area contributed by atoms with E-state index in [1.165, 1.54) is 16.8 Å². The normalized spacial score (nSPS) is 11.4. The molecular formula is C15H25N5. The molecule has 0 saturated carbocycles. The van der Waals surface area contributed by atoms with Crippen LogP contribution >= 0.6 is 0 Å². The minimum Gasteiger partial charge on any atom is -0.308 e. The number of hydrogen-bond acceptors (Lipinski definition) is 3. The van der Waals surface area contributed by atoms with E-state index in [1.54, 1.807) is 0 Å². The largest absolute Gasteiger partial charge is 0.308 e. The molecule has 0 unspecified atom stereocenters. The third-order valence-corrected chi connectivity index (χ3v) is 3.42. The van der Waals surface area contributed by atoms with Gasteiger partial charge in [0.25, 0.3) is 0 Å². The lowest BCUT2D eigenvalue weighted by molar-refractivity contribution is 0.517. The van der Waals surface area contributed by atoms with Gasteiger partial charge in [-0.05, 0) is 27.2 Å². The fourth-order valence-corrected chi connectivity index (χ4v) is 2.34. The van der Waals surface area contributed by atoms with Gasteiger partial charge in [0.05, 0.1) is 12.4 Å². The highest BCUT2D eigenvalue weighted by molar-refractivity contribution is 5.16. The maximum absolute atomic E-state index is 4.43. The molecule has 2 aromatic rings. The van der Waals surface area contributed by atoms with E-state index < -0.39 is 0 Å². The van der Waals surface area contributed by atoms with Crippen LogP contribution in [0.3, 0.4) is 0 Å². The van der Waals surface area contributed by atoms with Crippen molar-refractivity contribution in [2.45, 2.75) is 59.8 Å². The van der Waals surface area contributed by atoms with Gasteiger partial charge in [0.15, 0.2) is 0 Å². The Bertz CT molecular complexity index is 538. The topological polar surface area (TPSA) is 47.7 Å². The Balaban J connectivity index is 1.86. The summed E-state index contributed by atoms with van der Waals surface area (Å²) in [6.45, 7) is 11.3. The van der Waals surface area contributed by atoms with Crippen LogP contribution in [0.1, 0.15) is 50.1 Å². The molecule has 110 valence electrons. The van der Waals surface area contributed by atoms with Crippen LogP contribution in [0.25, 0.3) is 0 Å². The minimum atomic E-state index is 0.413. The van der Waals surface area contributed by atoms with Gasteiger partial charge in [0.2, 0.25) is 0 Å². The van der Waals surface area contributed by atoms with Crippen molar-refractivity contribution < 1.29 is 0 Å². The van der Waals surface area contributed by atoms with Gasteiger partial charge in [-0.15, -0.1) is 0 Å². The molecule has 5 nitrogen and oxygen atoms in total. The van der Waals surface area contributed by atoms with Crippen LogP contribution in [0.5, 0.6) is 0 Å². The van der Waals surface area contributed by atoms with Crippen molar-refractivity contribution in [2.75, 3.05) is 0 Å². The SMILES string of the molecule is CCCn1cc(CNCc2cnn(C(C)C)c2C)cn1. The van der Waals surface area contributed by atoms with Gasteiger partial charge < -0.3 is 5.32 Å². The molecule has 0 aromatic carbocycles. The fraction of sp³-hybridized carbons (Fsp3) is 0.600. The molecule has 0 aliphatic heterocycles. The summed E-state index contributed by atoms with van der Waals surface area (Å²) in [4.78, 5) is 0. The Morgan fingerprint density at radius 1 is 1.20 bits per heavy atom. The molecule has 5 heteroatoms. The van der Waals surface area contributed by atoms with E-state index in [1.807, 2.05) is 17.1 Å². The van der Waals surface area contributed by atoms with Crippen molar-refractivity contribution in [3.8, 4) is 0 Å². The molecule has 0 saturated heterocycles. The average molecular weight is 275 g/mol. The Labute approximate surface area is 121 Å². The predicted molar refractivity (Wildman–Crippen MR) is 80.4 cm³/mol. The van der Waals surface area contributed by atoms with Crippen LogP contribution in [0.2, 0.25) is 0 Å². The van der Waals surface area contributed by atoms with E-state index in [0.717, 1.165) is 26.1 Å². The highest BCUT2D eigenvalue weighted by Crippen LogP contribution is 2.12. The summed E-state index contributed by atoms with van der Waals surface area (Å²) in [5.74, 6) is 0. The van der Waals surface area contributed by atoms with Crippen molar-refractivity contribution in [1.29, 1.82) is 0 Å². The summed E-state index contributed by atoms with van der Waals surface area (Å²) < 4.78 is 4.06. The highest BCUT2D eigenvalue weighted by atomic mass is 15.3. The van der Waals surface area contributed by atoms with Crippen molar-refractivity contribution in [3.05, 3.63) is 35.4 Å². The van der Waals surface area contributed by atoms with Crippen molar-refractivity contribution in [2.24, 2.45) is 0 Å². The quantitative estimate of drug-likeness (QED) is 0.845. The number of nitrogens with zero attached hydrogens (tertiary/aromatic N) is 4. The molecule has 0 fully saturated rings. The number of aromatic nitrogens is 4. The van der Waals surface area contributed by atoms with Gasteiger partial charge >= 0.3 is 0 Å². The van der Waals surface area contributed by atoms with Crippen LogP contribution in [0, 0.1) is 6.92 Å². The molecule has 2 heterocycles. The second kappa shape index (κ2) is 6.70. The zero-order valence-electron chi connectivity index (χ0n) is 12.9. The maximum atomic E-state index is 4.43. The van der Waals surface area contributed by atoms with Gasteiger partial charge in [-0.2, -0.15) is 10.2 Å². The van der Waals surface area contributed by atoms with E-state index in [9.17, 15) is 0 Å². The third-order valence-electron chi connectivity index (χ3n) is 3.42. The summed E-state index contributed by atoms with van der Waals surface area (Å²) in [6.07, 6.45) is 7.12. The Kier molecular flexibility index (Phi) is 4.95. The van der Waals surface area contributed by atoms with Gasteiger partial charge in [0.1, 0.15) is 0 Å². The Morgan fingerprint density at radius 2 is 2.00 bits per heavy atom. The molecule has 0 aliphatic carbocycles. The lowest BCUT2D eigenvalue weighted by Gasteiger charge is -2.09. The van der Waals surface area contributed by atoms with E-state index in [-0.39, 0.29) is 0 Å². The van der Waals surface area contributed by atoms with Gasteiger partial charge in [-0.25, -0.2) is 0 Å². The third kappa shape index (κ3) is 3.48.